The standard InChI is InChI=1S/C21H23NO2/c22-21(23)20-15-18(24-14-13-16-7-3-1-4-8-16)11-12-19(20)17-9-5-2-6-10-17/h1-9,11-12,17,20H,10,13-15H2,(H2,22,23). The molecule has 1 aromatic carbocycles. The van der Waals surface area contributed by atoms with Crippen LogP contribution in [-0.2, 0) is 16.0 Å². The van der Waals surface area contributed by atoms with E-state index in [9.17, 15) is 4.79 Å². The summed E-state index contributed by atoms with van der Waals surface area (Å²) in [7, 11) is 0. The summed E-state index contributed by atoms with van der Waals surface area (Å²) in [6.45, 7) is 0.608. The van der Waals surface area contributed by atoms with E-state index in [0.717, 1.165) is 24.2 Å². The predicted octanol–water partition coefficient (Wildman–Crippen LogP) is 3.69. The summed E-state index contributed by atoms with van der Waals surface area (Å²) in [6.07, 6.45) is 14.7. The van der Waals surface area contributed by atoms with E-state index in [1.807, 2.05) is 42.5 Å². The van der Waals surface area contributed by atoms with Gasteiger partial charge in [-0.1, -0.05) is 66.3 Å². The van der Waals surface area contributed by atoms with Crippen LogP contribution in [-0.4, -0.2) is 12.5 Å². The van der Waals surface area contributed by atoms with E-state index in [4.69, 9.17) is 10.5 Å². The smallest absolute Gasteiger partial charge is 0.225 e. The zero-order valence-corrected chi connectivity index (χ0v) is 13.7. The Hall–Kier alpha value is -2.55. The Labute approximate surface area is 143 Å². The Bertz CT molecular complexity index is 698. The maximum Gasteiger partial charge on any atom is 0.225 e. The van der Waals surface area contributed by atoms with Gasteiger partial charge in [-0.05, 0) is 18.1 Å². The van der Waals surface area contributed by atoms with Crippen molar-refractivity contribution in [2.24, 2.45) is 17.6 Å². The highest BCUT2D eigenvalue weighted by Crippen LogP contribution is 2.34. The van der Waals surface area contributed by atoms with Crippen LogP contribution in [0.25, 0.3) is 0 Å². The molecule has 0 saturated heterocycles. The minimum absolute atomic E-state index is 0.259. The molecule has 0 bridgehead atoms. The van der Waals surface area contributed by atoms with E-state index in [1.165, 1.54) is 5.56 Å². The van der Waals surface area contributed by atoms with E-state index < -0.39 is 0 Å². The van der Waals surface area contributed by atoms with Crippen molar-refractivity contribution >= 4 is 5.91 Å². The molecule has 0 heterocycles. The molecular formula is C21H23NO2. The normalized spacial score (nSPS) is 22.7. The molecular weight excluding hydrogens is 298 g/mol. The number of rotatable bonds is 6. The predicted molar refractivity (Wildman–Crippen MR) is 96.0 cm³/mol. The van der Waals surface area contributed by atoms with E-state index in [1.54, 1.807) is 0 Å². The summed E-state index contributed by atoms with van der Waals surface area (Å²) in [5.74, 6) is 0.549. The second-order valence-corrected chi connectivity index (χ2v) is 6.20. The van der Waals surface area contributed by atoms with Crippen molar-refractivity contribution in [1.29, 1.82) is 0 Å². The molecule has 0 aromatic heterocycles. The highest BCUT2D eigenvalue weighted by Gasteiger charge is 2.29. The van der Waals surface area contributed by atoms with Gasteiger partial charge in [-0.2, -0.15) is 0 Å². The molecule has 3 nitrogen and oxygen atoms in total. The SMILES string of the molecule is NC(=O)C1CC(OCCc2ccccc2)=CC=C1C1C=CC=CC1. The minimum atomic E-state index is -0.276. The number of hydrogen-bond acceptors (Lipinski definition) is 2. The third-order valence-corrected chi connectivity index (χ3v) is 4.54. The van der Waals surface area contributed by atoms with Gasteiger partial charge in [-0.15, -0.1) is 0 Å². The highest BCUT2D eigenvalue weighted by molar-refractivity contribution is 5.80. The number of primary amides is 1. The average molecular weight is 321 g/mol. The van der Waals surface area contributed by atoms with E-state index in [0.29, 0.717) is 13.0 Å². The Morgan fingerprint density at radius 2 is 2.00 bits per heavy atom. The molecule has 2 aliphatic carbocycles. The fourth-order valence-electron chi connectivity index (χ4n) is 3.22. The van der Waals surface area contributed by atoms with Crippen molar-refractivity contribution in [2.75, 3.05) is 6.61 Å². The van der Waals surface area contributed by atoms with Gasteiger partial charge < -0.3 is 10.5 Å². The Balaban J connectivity index is 1.63. The van der Waals surface area contributed by atoms with Crippen LogP contribution in [0.2, 0.25) is 0 Å². The third kappa shape index (κ3) is 4.05. The summed E-state index contributed by atoms with van der Waals surface area (Å²) in [5, 5.41) is 0. The minimum Gasteiger partial charge on any atom is -0.498 e. The Morgan fingerprint density at radius 3 is 2.71 bits per heavy atom. The first-order valence-electron chi connectivity index (χ1n) is 8.44. The van der Waals surface area contributed by atoms with Gasteiger partial charge in [0.25, 0.3) is 0 Å². The van der Waals surface area contributed by atoms with Crippen LogP contribution in [0.4, 0.5) is 0 Å². The van der Waals surface area contributed by atoms with Crippen LogP contribution in [0.5, 0.6) is 0 Å². The maximum atomic E-state index is 11.9. The van der Waals surface area contributed by atoms with Gasteiger partial charge in [0.1, 0.15) is 0 Å². The van der Waals surface area contributed by atoms with Gasteiger partial charge in [-0.25, -0.2) is 0 Å². The summed E-state index contributed by atoms with van der Waals surface area (Å²) >= 11 is 0. The lowest BCUT2D eigenvalue weighted by Gasteiger charge is -2.27. The second-order valence-electron chi connectivity index (χ2n) is 6.20. The number of carbonyl (C=O) groups is 1. The van der Waals surface area contributed by atoms with Gasteiger partial charge >= 0.3 is 0 Å². The van der Waals surface area contributed by atoms with Gasteiger partial charge in [0.05, 0.1) is 18.3 Å². The van der Waals surface area contributed by atoms with Gasteiger partial charge in [-0.3, -0.25) is 4.79 Å². The summed E-state index contributed by atoms with van der Waals surface area (Å²) < 4.78 is 5.88. The van der Waals surface area contributed by atoms with E-state index in [-0.39, 0.29) is 17.7 Å². The van der Waals surface area contributed by atoms with Crippen molar-refractivity contribution < 1.29 is 9.53 Å². The van der Waals surface area contributed by atoms with Crippen molar-refractivity contribution in [1.82, 2.24) is 0 Å². The second kappa shape index (κ2) is 7.82. The van der Waals surface area contributed by atoms with Crippen molar-refractivity contribution in [3.8, 4) is 0 Å². The first kappa shape index (κ1) is 16.3. The van der Waals surface area contributed by atoms with Crippen LogP contribution < -0.4 is 5.73 Å². The third-order valence-electron chi connectivity index (χ3n) is 4.54. The summed E-state index contributed by atoms with van der Waals surface area (Å²) in [6, 6.07) is 10.2. The zero-order valence-electron chi connectivity index (χ0n) is 13.7. The lowest BCUT2D eigenvalue weighted by atomic mass is 9.79. The lowest BCUT2D eigenvalue weighted by molar-refractivity contribution is -0.121. The molecule has 0 spiro atoms. The number of amides is 1. The van der Waals surface area contributed by atoms with Gasteiger partial charge in [0, 0.05) is 18.8 Å². The van der Waals surface area contributed by atoms with Crippen molar-refractivity contribution in [3.63, 3.8) is 0 Å². The Morgan fingerprint density at radius 1 is 1.17 bits per heavy atom. The number of nitrogens with two attached hydrogens (primary N) is 1. The molecule has 2 N–H and O–H groups in total. The maximum absolute atomic E-state index is 11.9. The van der Waals surface area contributed by atoms with Gasteiger partial charge in [0.15, 0.2) is 0 Å². The molecule has 124 valence electrons. The van der Waals surface area contributed by atoms with Crippen molar-refractivity contribution in [3.05, 3.63) is 83.7 Å². The number of ether oxygens (including phenoxy) is 1. The molecule has 1 amide bonds. The molecule has 1 aromatic rings. The zero-order chi connectivity index (χ0) is 16.8. The van der Waals surface area contributed by atoms with Gasteiger partial charge in [0.2, 0.25) is 5.91 Å². The number of hydrogen-bond donors (Lipinski definition) is 1. The molecule has 2 aliphatic rings. The first-order chi connectivity index (χ1) is 11.7. The summed E-state index contributed by atoms with van der Waals surface area (Å²) in [5.41, 5.74) is 7.98. The number of carbonyl (C=O) groups excluding carboxylic acids is 1. The number of allylic oxidation sites excluding steroid dienone is 7. The molecule has 2 unspecified atom stereocenters. The van der Waals surface area contributed by atoms with Crippen LogP contribution in [0.1, 0.15) is 18.4 Å². The molecule has 0 radical (unpaired) electrons. The molecule has 2 atom stereocenters. The van der Waals surface area contributed by atoms with Crippen molar-refractivity contribution in [2.45, 2.75) is 19.3 Å². The van der Waals surface area contributed by atoms with Crippen LogP contribution in [0, 0.1) is 11.8 Å². The van der Waals surface area contributed by atoms with E-state index in [2.05, 4.69) is 24.3 Å². The van der Waals surface area contributed by atoms with Crippen LogP contribution >= 0.6 is 0 Å². The largest absolute Gasteiger partial charge is 0.498 e. The monoisotopic (exact) mass is 321 g/mol. The van der Waals surface area contributed by atoms with E-state index >= 15 is 0 Å². The lowest BCUT2D eigenvalue weighted by Crippen LogP contribution is -2.30. The molecule has 0 fully saturated rings. The van der Waals surface area contributed by atoms with Crippen LogP contribution in [0.3, 0.4) is 0 Å². The molecule has 24 heavy (non-hydrogen) atoms. The topological polar surface area (TPSA) is 52.3 Å². The molecule has 0 saturated carbocycles. The highest BCUT2D eigenvalue weighted by atomic mass is 16.5. The molecule has 3 heteroatoms. The molecule has 3 rings (SSSR count). The number of benzene rings is 1. The first-order valence-corrected chi connectivity index (χ1v) is 8.44. The molecule has 0 aliphatic heterocycles. The Kier molecular flexibility index (Phi) is 5.32. The van der Waals surface area contributed by atoms with Crippen LogP contribution in [0.15, 0.2) is 78.1 Å². The average Bonchev–Trinajstić information content (AvgIpc) is 2.63. The fourth-order valence-corrected chi connectivity index (χ4v) is 3.22. The quantitative estimate of drug-likeness (QED) is 0.868. The summed E-state index contributed by atoms with van der Waals surface area (Å²) in [4.78, 5) is 11.9. The fraction of sp³-hybridized carbons (Fsp3) is 0.286.